The Morgan fingerprint density at radius 3 is 1.01 bits per heavy atom. The van der Waals surface area contributed by atoms with Gasteiger partial charge in [-0.1, -0.05) is 222 Å². The average Bonchev–Trinajstić information content (AvgIpc) is 1.59. The van der Waals surface area contributed by atoms with Gasteiger partial charge in [0.05, 0.1) is 22.1 Å². The van der Waals surface area contributed by atoms with Crippen LogP contribution in [0.5, 0.6) is 0 Å². The Hall–Kier alpha value is -10.1. The van der Waals surface area contributed by atoms with Crippen LogP contribution in [0.4, 0.5) is 0 Å². The maximum absolute atomic E-state index is 4.86. The molecule has 0 N–H and O–H groups in total. The standard InChI is InChI=1S/2C27H22N3.2C15H10N.2Pt/c2*1-27(2,3)25-15-13-20-21-16-17(12-14-22(21)28-26(20)29-25)30-23-10-6-4-8-18(23)19-9-5-7-11-24(19)30;2*1-2-7-13(8-3-1)15-14-9-5-4-6-12(14)10-11-16-15;;/h2*4-16H,1-3H3;2*1-7,9-11H;;/q4*-1;2*+2. The first-order valence-corrected chi connectivity index (χ1v) is 31.3. The summed E-state index contributed by atoms with van der Waals surface area (Å²) in [5.41, 5.74) is 17.0. The third-order valence-electron chi connectivity index (χ3n) is 17.2. The second-order valence-corrected chi connectivity index (χ2v) is 25.3. The van der Waals surface area contributed by atoms with Gasteiger partial charge in [0.1, 0.15) is 0 Å². The fourth-order valence-corrected chi connectivity index (χ4v) is 12.7. The summed E-state index contributed by atoms with van der Waals surface area (Å²) in [5, 5.41) is 14.4. The molecule has 0 saturated heterocycles. The Bertz CT molecular complexity index is 5280. The number of hydrogen-bond donors (Lipinski definition) is 0. The van der Waals surface area contributed by atoms with Crippen LogP contribution in [0, 0.1) is 12.1 Å². The molecule has 0 atom stereocenters. The molecule has 460 valence electrons. The predicted octanol–water partition coefficient (Wildman–Crippen LogP) is 20.9. The van der Waals surface area contributed by atoms with E-state index >= 15 is 0 Å². The van der Waals surface area contributed by atoms with Gasteiger partial charge in [0.25, 0.3) is 0 Å². The predicted molar refractivity (Wildman–Crippen MR) is 383 cm³/mol. The zero-order valence-electron chi connectivity index (χ0n) is 52.8. The van der Waals surface area contributed by atoms with Gasteiger partial charge >= 0.3 is 42.1 Å². The van der Waals surface area contributed by atoms with Crippen molar-refractivity contribution in [3.63, 3.8) is 0 Å². The summed E-state index contributed by atoms with van der Waals surface area (Å²) in [5.74, 6) is 0. The number of pyridine rings is 4. The van der Waals surface area contributed by atoms with E-state index in [-0.39, 0.29) is 53.0 Å². The summed E-state index contributed by atoms with van der Waals surface area (Å²) >= 11 is 0. The van der Waals surface area contributed by atoms with Crippen LogP contribution in [-0.2, 0) is 53.0 Å². The van der Waals surface area contributed by atoms with Gasteiger partial charge in [-0.25, -0.2) is 0 Å². The van der Waals surface area contributed by atoms with Crippen LogP contribution >= 0.6 is 0 Å². The molecule has 0 spiro atoms. The summed E-state index contributed by atoms with van der Waals surface area (Å²) < 4.78 is 4.69. The molecule has 0 fully saturated rings. The van der Waals surface area contributed by atoms with Gasteiger partial charge in [0, 0.05) is 45.3 Å². The van der Waals surface area contributed by atoms with Crippen LogP contribution in [0.2, 0.25) is 0 Å². The van der Waals surface area contributed by atoms with Crippen LogP contribution in [0.3, 0.4) is 0 Å². The number of aromatic nitrogens is 8. The number of nitrogens with zero attached hydrogens (tertiary/aromatic N) is 8. The molecule has 0 bridgehead atoms. The van der Waals surface area contributed by atoms with E-state index in [1.165, 1.54) is 65.2 Å². The Balaban J connectivity index is 0.000000118. The van der Waals surface area contributed by atoms with Crippen molar-refractivity contribution >= 4 is 109 Å². The van der Waals surface area contributed by atoms with Crippen molar-refractivity contribution < 1.29 is 42.1 Å². The quantitative estimate of drug-likeness (QED) is 0.163. The third kappa shape index (κ3) is 11.9. The molecule has 0 aliphatic carbocycles. The van der Waals surface area contributed by atoms with Gasteiger partial charge in [-0.15, -0.1) is 71.8 Å². The van der Waals surface area contributed by atoms with Gasteiger partial charge in [-0.05, 0) is 137 Å². The van der Waals surface area contributed by atoms with E-state index in [1.54, 1.807) is 0 Å². The largest absolute Gasteiger partial charge is 2.00 e. The van der Waals surface area contributed by atoms with E-state index in [9.17, 15) is 0 Å². The van der Waals surface area contributed by atoms with E-state index in [4.69, 9.17) is 19.9 Å². The first-order valence-electron chi connectivity index (χ1n) is 31.3. The van der Waals surface area contributed by atoms with Crippen molar-refractivity contribution in [3.8, 4) is 33.9 Å². The smallest absolute Gasteiger partial charge is 0.439 e. The number of rotatable bonds is 4. The Morgan fingerprint density at radius 2 is 0.660 bits per heavy atom. The first-order chi connectivity index (χ1) is 44.9. The molecular weight excluding hydrogens is 1510 g/mol. The molecule has 0 unspecified atom stereocenters. The number of para-hydroxylation sites is 4. The summed E-state index contributed by atoms with van der Waals surface area (Å²) in [6.07, 6.45) is 3.69. The minimum Gasteiger partial charge on any atom is -0.439 e. The maximum Gasteiger partial charge on any atom is 2.00 e. The third-order valence-corrected chi connectivity index (χ3v) is 17.2. The average molecular weight is 1580 g/mol. The minimum absolute atomic E-state index is 0. The molecule has 18 rings (SSSR count). The molecule has 0 amide bonds. The zero-order valence-corrected chi connectivity index (χ0v) is 57.3. The van der Waals surface area contributed by atoms with Crippen LogP contribution < -0.4 is 9.97 Å². The van der Waals surface area contributed by atoms with Gasteiger partial charge in [-0.2, -0.15) is 0 Å². The number of hydrogen-bond acceptors (Lipinski definition) is 4. The van der Waals surface area contributed by atoms with Crippen molar-refractivity contribution in [2.45, 2.75) is 52.4 Å². The Labute approximate surface area is 574 Å². The minimum atomic E-state index is 0. The summed E-state index contributed by atoms with van der Waals surface area (Å²) in [7, 11) is 0. The number of fused-ring (bicyclic) bond motifs is 14. The monoisotopic (exact) mass is 1570 g/mol. The summed E-state index contributed by atoms with van der Waals surface area (Å²) in [6, 6.07) is 99.0. The van der Waals surface area contributed by atoms with Crippen LogP contribution in [0.1, 0.15) is 52.9 Å². The van der Waals surface area contributed by atoms with Crippen LogP contribution in [0.15, 0.2) is 279 Å². The SMILES string of the molecule is CC(C)(C)c1ccc2c(n1)[n-]c1ccc(-n3c4ccccc4c4ccccc43)cc12.CC(C)(C)c1ccc2c(n1)[n-]c1ccc(-n3c4ccccc4c4ccccc43)cc12.[Pt+2].[Pt+2].[c-]1ccccc1-c1nccc2ccccc12.[c-]1ccccc1-c1nccc2ccccc12. The van der Waals surface area contributed by atoms with E-state index < -0.39 is 0 Å². The molecule has 8 nitrogen and oxygen atoms in total. The normalized spacial score (nSPS) is 11.6. The summed E-state index contributed by atoms with van der Waals surface area (Å²) in [4.78, 5) is 28.2. The van der Waals surface area contributed by atoms with Crippen LogP contribution in [0.25, 0.3) is 143 Å². The van der Waals surface area contributed by atoms with Gasteiger partial charge in [0.2, 0.25) is 0 Å². The van der Waals surface area contributed by atoms with Gasteiger partial charge < -0.3 is 39.0 Å². The molecule has 8 heterocycles. The van der Waals surface area contributed by atoms with E-state index in [1.807, 2.05) is 97.3 Å². The van der Waals surface area contributed by atoms with Gasteiger partial charge in [0.15, 0.2) is 0 Å². The molecular formula is C84H64N8Pt2. The maximum atomic E-state index is 4.86. The van der Waals surface area contributed by atoms with Gasteiger partial charge in [-0.3, -0.25) is 0 Å². The Morgan fingerprint density at radius 1 is 0.319 bits per heavy atom. The number of benzene rings is 10. The molecule has 0 aliphatic heterocycles. The second kappa shape index (κ2) is 26.1. The van der Waals surface area contributed by atoms with E-state index in [2.05, 4.69) is 255 Å². The van der Waals surface area contributed by atoms with Crippen molar-refractivity contribution in [1.82, 2.24) is 39.0 Å². The van der Waals surface area contributed by atoms with Crippen LogP contribution in [-0.4, -0.2) is 29.1 Å². The zero-order chi connectivity index (χ0) is 62.5. The van der Waals surface area contributed by atoms with E-state index in [0.29, 0.717) is 0 Å². The fraction of sp³-hybridized carbons (Fsp3) is 0.0952. The molecule has 18 aromatic rings. The van der Waals surface area contributed by atoms with Crippen molar-refractivity contribution in [2.75, 3.05) is 0 Å². The molecule has 10 heteroatoms. The van der Waals surface area contributed by atoms with E-state index in [0.717, 1.165) is 89.2 Å². The van der Waals surface area contributed by atoms with Crippen molar-refractivity contribution in [3.05, 3.63) is 303 Å². The molecule has 8 aromatic heterocycles. The molecule has 0 saturated carbocycles. The topological polar surface area (TPSA) is 89.6 Å². The molecule has 94 heavy (non-hydrogen) atoms. The Kier molecular flexibility index (Phi) is 17.4. The van der Waals surface area contributed by atoms with Crippen molar-refractivity contribution in [2.24, 2.45) is 0 Å². The molecule has 10 aromatic carbocycles. The fourth-order valence-electron chi connectivity index (χ4n) is 12.7. The first kappa shape index (κ1) is 62.7. The summed E-state index contributed by atoms with van der Waals surface area (Å²) in [6.45, 7) is 13.1. The molecule has 0 radical (unpaired) electrons. The molecule has 0 aliphatic rings. The van der Waals surface area contributed by atoms with Crippen molar-refractivity contribution in [1.29, 1.82) is 0 Å². The second-order valence-electron chi connectivity index (χ2n) is 25.3.